The molecule has 3 aliphatic heterocycles. The lowest BCUT2D eigenvalue weighted by atomic mass is 10.1. The van der Waals surface area contributed by atoms with E-state index in [-0.39, 0.29) is 0 Å². The maximum Gasteiger partial charge on any atom is 0.0702 e. The van der Waals surface area contributed by atoms with E-state index in [0.717, 1.165) is 19.2 Å². The smallest absolute Gasteiger partial charge is 0.0702 e. The van der Waals surface area contributed by atoms with E-state index < -0.39 is 0 Å². The topological polar surface area (TPSA) is 12.5 Å². The van der Waals surface area contributed by atoms with Crippen molar-refractivity contribution in [1.29, 1.82) is 0 Å². The summed E-state index contributed by atoms with van der Waals surface area (Å²) in [4.78, 5) is 2.45. The van der Waals surface area contributed by atoms with Crippen molar-refractivity contribution >= 4 is 0 Å². The highest BCUT2D eigenvalue weighted by Crippen LogP contribution is 2.23. The molecule has 0 aromatic rings. The molecule has 0 amide bonds. The van der Waals surface area contributed by atoms with Crippen LogP contribution in [0.25, 0.3) is 0 Å². The zero-order valence-corrected chi connectivity index (χ0v) is 6.55. The van der Waals surface area contributed by atoms with Gasteiger partial charge in [0.2, 0.25) is 0 Å². The first-order valence-electron chi connectivity index (χ1n) is 4.18. The van der Waals surface area contributed by atoms with Gasteiger partial charge in [0.05, 0.1) is 12.7 Å². The fourth-order valence-electron chi connectivity index (χ4n) is 1.96. The molecule has 0 saturated carbocycles. The Kier molecular flexibility index (Phi) is 1.66. The Bertz CT molecular complexity index is 122. The van der Waals surface area contributed by atoms with Crippen LogP contribution in [0.5, 0.6) is 0 Å². The summed E-state index contributed by atoms with van der Waals surface area (Å²) in [6, 6.07) is 0.721. The molecule has 0 aliphatic carbocycles. The van der Waals surface area contributed by atoms with Crippen molar-refractivity contribution in [1.82, 2.24) is 4.90 Å². The lowest BCUT2D eigenvalue weighted by Gasteiger charge is -2.33. The van der Waals surface area contributed by atoms with E-state index in [4.69, 9.17) is 4.74 Å². The van der Waals surface area contributed by atoms with Crippen LogP contribution in [0.4, 0.5) is 0 Å². The van der Waals surface area contributed by atoms with E-state index in [0.29, 0.717) is 6.10 Å². The van der Waals surface area contributed by atoms with Gasteiger partial charge in [-0.05, 0) is 26.3 Å². The molecule has 3 aliphatic rings. The van der Waals surface area contributed by atoms with Crippen molar-refractivity contribution < 1.29 is 4.74 Å². The highest BCUT2D eigenvalue weighted by Gasteiger charge is 2.29. The first kappa shape index (κ1) is 6.62. The van der Waals surface area contributed by atoms with Gasteiger partial charge >= 0.3 is 0 Å². The van der Waals surface area contributed by atoms with Crippen LogP contribution in [-0.4, -0.2) is 37.2 Å². The van der Waals surface area contributed by atoms with Gasteiger partial charge in [0, 0.05) is 12.6 Å². The standard InChI is InChI=1S/C8H15NO/c1-9-5-8-4-2-3-7(9)6-10-8/h7-8H,2-6H2,1H3. The molecule has 2 nitrogen and oxygen atoms in total. The number of fused-ring (bicyclic) bond motifs is 4. The highest BCUT2D eigenvalue weighted by atomic mass is 16.5. The van der Waals surface area contributed by atoms with Gasteiger partial charge in [-0.1, -0.05) is 0 Å². The van der Waals surface area contributed by atoms with Crippen LogP contribution in [0, 0.1) is 0 Å². The highest BCUT2D eigenvalue weighted by molar-refractivity contribution is 4.82. The molecule has 2 atom stereocenters. The molecule has 0 aromatic carbocycles. The van der Waals surface area contributed by atoms with E-state index in [2.05, 4.69) is 11.9 Å². The Labute approximate surface area is 62.2 Å². The fourth-order valence-corrected chi connectivity index (χ4v) is 1.96. The maximum absolute atomic E-state index is 5.63. The van der Waals surface area contributed by atoms with Gasteiger partial charge in [0.15, 0.2) is 0 Å². The van der Waals surface area contributed by atoms with Crippen LogP contribution in [0.1, 0.15) is 19.3 Å². The number of hydrogen-bond acceptors (Lipinski definition) is 2. The van der Waals surface area contributed by atoms with Gasteiger partial charge in [-0.15, -0.1) is 0 Å². The van der Waals surface area contributed by atoms with Crippen molar-refractivity contribution in [2.45, 2.75) is 31.4 Å². The van der Waals surface area contributed by atoms with Crippen LogP contribution < -0.4 is 0 Å². The largest absolute Gasteiger partial charge is 0.375 e. The van der Waals surface area contributed by atoms with Crippen LogP contribution in [0.15, 0.2) is 0 Å². The summed E-state index contributed by atoms with van der Waals surface area (Å²) in [6.45, 7) is 2.13. The number of rotatable bonds is 0. The van der Waals surface area contributed by atoms with Crippen molar-refractivity contribution in [2.75, 3.05) is 20.2 Å². The van der Waals surface area contributed by atoms with Gasteiger partial charge in [-0.3, -0.25) is 4.90 Å². The number of likely N-dealkylation sites (N-methyl/N-ethyl adjacent to an activating group) is 1. The van der Waals surface area contributed by atoms with E-state index in [1.807, 2.05) is 0 Å². The lowest BCUT2D eigenvalue weighted by molar-refractivity contribution is -0.0395. The minimum atomic E-state index is 0.545. The molecule has 0 N–H and O–H groups in total. The third kappa shape index (κ3) is 1.06. The molecule has 3 heterocycles. The summed E-state index contributed by atoms with van der Waals surface area (Å²) >= 11 is 0. The molecule has 2 heteroatoms. The molecule has 3 saturated heterocycles. The van der Waals surface area contributed by atoms with Crippen molar-refractivity contribution in [3.8, 4) is 0 Å². The Morgan fingerprint density at radius 3 is 3.10 bits per heavy atom. The second-order valence-electron chi connectivity index (χ2n) is 3.48. The molecule has 10 heavy (non-hydrogen) atoms. The van der Waals surface area contributed by atoms with Crippen molar-refractivity contribution in [3.63, 3.8) is 0 Å². The van der Waals surface area contributed by atoms with Crippen molar-refractivity contribution in [2.24, 2.45) is 0 Å². The van der Waals surface area contributed by atoms with Crippen LogP contribution in [0.2, 0.25) is 0 Å². The van der Waals surface area contributed by atoms with Crippen molar-refractivity contribution in [3.05, 3.63) is 0 Å². The van der Waals surface area contributed by atoms with Crippen LogP contribution >= 0.6 is 0 Å². The van der Waals surface area contributed by atoms with Gasteiger partial charge in [-0.2, -0.15) is 0 Å². The Hall–Kier alpha value is -0.0800. The molecule has 0 spiro atoms. The molecule has 2 unspecified atom stereocenters. The Morgan fingerprint density at radius 2 is 2.30 bits per heavy atom. The summed E-state index contributed by atoms with van der Waals surface area (Å²) < 4.78 is 5.63. The van der Waals surface area contributed by atoms with E-state index in [1.165, 1.54) is 19.3 Å². The van der Waals surface area contributed by atoms with E-state index in [1.54, 1.807) is 0 Å². The molecular formula is C8H15NO. The first-order chi connectivity index (χ1) is 4.86. The third-order valence-electron chi connectivity index (χ3n) is 2.70. The molecule has 0 aromatic heterocycles. The molecule has 2 bridgehead atoms. The quantitative estimate of drug-likeness (QED) is 0.496. The second-order valence-corrected chi connectivity index (χ2v) is 3.48. The predicted molar refractivity (Wildman–Crippen MR) is 40.0 cm³/mol. The average Bonchev–Trinajstić information content (AvgIpc) is 2.20. The SMILES string of the molecule is CN1CC2CCCC1CO2. The van der Waals surface area contributed by atoms with Gasteiger partial charge < -0.3 is 4.74 Å². The van der Waals surface area contributed by atoms with Crippen LogP contribution in [-0.2, 0) is 4.74 Å². The number of morpholine rings is 1. The number of hydrogen-bond donors (Lipinski definition) is 0. The average molecular weight is 141 g/mol. The molecule has 58 valence electrons. The Morgan fingerprint density at radius 1 is 1.40 bits per heavy atom. The summed E-state index contributed by atoms with van der Waals surface area (Å²) in [7, 11) is 2.21. The van der Waals surface area contributed by atoms with Gasteiger partial charge in [-0.25, -0.2) is 0 Å². The monoisotopic (exact) mass is 141 g/mol. The molecular weight excluding hydrogens is 126 g/mol. The molecule has 0 radical (unpaired) electrons. The molecule has 3 rings (SSSR count). The van der Waals surface area contributed by atoms with Gasteiger partial charge in [0.25, 0.3) is 0 Å². The fraction of sp³-hybridized carbons (Fsp3) is 1.00. The summed E-state index contributed by atoms with van der Waals surface area (Å²) in [5.41, 5.74) is 0. The Balaban J connectivity index is 2.07. The zero-order valence-electron chi connectivity index (χ0n) is 6.55. The maximum atomic E-state index is 5.63. The van der Waals surface area contributed by atoms with E-state index in [9.17, 15) is 0 Å². The number of nitrogens with zero attached hydrogens (tertiary/aromatic N) is 1. The normalized spacial score (nSPS) is 41.7. The number of ether oxygens (including phenoxy) is 1. The van der Waals surface area contributed by atoms with Crippen LogP contribution in [0.3, 0.4) is 0 Å². The molecule has 3 fully saturated rings. The van der Waals surface area contributed by atoms with E-state index >= 15 is 0 Å². The third-order valence-corrected chi connectivity index (χ3v) is 2.70. The zero-order chi connectivity index (χ0) is 6.97. The first-order valence-corrected chi connectivity index (χ1v) is 4.18. The minimum absolute atomic E-state index is 0.545. The summed E-state index contributed by atoms with van der Waals surface area (Å²) in [5, 5.41) is 0. The minimum Gasteiger partial charge on any atom is -0.375 e. The summed E-state index contributed by atoms with van der Waals surface area (Å²) in [6.07, 6.45) is 4.52. The second kappa shape index (κ2) is 2.51. The summed E-state index contributed by atoms with van der Waals surface area (Å²) in [5.74, 6) is 0. The van der Waals surface area contributed by atoms with Gasteiger partial charge in [0.1, 0.15) is 0 Å². The lowest BCUT2D eigenvalue weighted by Crippen LogP contribution is -2.44. The predicted octanol–water partition coefficient (Wildman–Crippen LogP) is 0.869.